The number of fused-ring (bicyclic) bond motifs is 1. The fraction of sp³-hybridized carbons (Fsp3) is 0.125. The van der Waals surface area contributed by atoms with Crippen LogP contribution in [-0.2, 0) is 11.2 Å². The van der Waals surface area contributed by atoms with E-state index in [9.17, 15) is 9.59 Å². The number of carbonyl (C=O) groups is 2. The second kappa shape index (κ2) is 4.76. The van der Waals surface area contributed by atoms with Crippen LogP contribution in [0.4, 0.5) is 5.69 Å². The molecule has 0 saturated heterocycles. The summed E-state index contributed by atoms with van der Waals surface area (Å²) < 4.78 is 0. The zero-order chi connectivity index (χ0) is 14.2. The first-order valence-corrected chi connectivity index (χ1v) is 6.67. The predicted octanol–water partition coefficient (Wildman–Crippen LogP) is 3.04. The minimum absolute atomic E-state index is 0.175. The summed E-state index contributed by atoms with van der Waals surface area (Å²) in [4.78, 5) is 23.2. The quantitative estimate of drug-likeness (QED) is 0.681. The number of Topliss-reactive ketones (excluding diaryl/α,β-unsaturated/α-hetero) is 1. The molecule has 20 heavy (non-hydrogen) atoms. The van der Waals surface area contributed by atoms with Gasteiger partial charge in [0.05, 0.1) is 5.69 Å². The van der Waals surface area contributed by atoms with Crippen LogP contribution in [0.2, 0.25) is 0 Å². The Hall–Kier alpha value is -2.13. The minimum atomic E-state index is -1.57. The topological polar surface area (TPSA) is 46.2 Å². The number of hydrogen-bond donors (Lipinski definition) is 1. The van der Waals surface area contributed by atoms with Gasteiger partial charge in [0.15, 0.2) is 10.7 Å². The van der Waals surface area contributed by atoms with Gasteiger partial charge in [0.25, 0.3) is 5.91 Å². The van der Waals surface area contributed by atoms with Crippen molar-refractivity contribution in [3.05, 3.63) is 65.7 Å². The SMILES string of the molecule is O=C1Nc2ccccc2C(=O)[C@@]1(Cl)Cc1ccccc1. The minimum Gasteiger partial charge on any atom is -0.323 e. The number of nitrogens with one attached hydrogen (secondary N) is 1. The van der Waals surface area contributed by atoms with Gasteiger partial charge in [0, 0.05) is 12.0 Å². The Morgan fingerprint density at radius 1 is 0.950 bits per heavy atom. The summed E-state index contributed by atoms with van der Waals surface area (Å²) in [5.41, 5.74) is 1.83. The average molecular weight is 286 g/mol. The molecule has 1 aliphatic rings. The van der Waals surface area contributed by atoms with Crippen LogP contribution in [0.3, 0.4) is 0 Å². The van der Waals surface area contributed by atoms with Crippen LogP contribution in [0.25, 0.3) is 0 Å². The monoisotopic (exact) mass is 285 g/mol. The number of amides is 1. The number of ketones is 1. The molecule has 1 heterocycles. The van der Waals surface area contributed by atoms with E-state index in [-0.39, 0.29) is 12.2 Å². The molecule has 3 rings (SSSR count). The second-order valence-corrected chi connectivity index (χ2v) is 5.44. The number of carbonyl (C=O) groups excluding carboxylic acids is 2. The zero-order valence-corrected chi connectivity index (χ0v) is 11.4. The molecule has 1 amide bonds. The summed E-state index contributed by atoms with van der Waals surface area (Å²) in [6, 6.07) is 16.2. The third kappa shape index (κ3) is 2.00. The van der Waals surface area contributed by atoms with Crippen molar-refractivity contribution in [1.82, 2.24) is 0 Å². The van der Waals surface area contributed by atoms with E-state index in [1.54, 1.807) is 24.3 Å². The molecule has 2 aromatic rings. The van der Waals surface area contributed by atoms with Crippen LogP contribution in [0.5, 0.6) is 0 Å². The third-order valence-electron chi connectivity index (χ3n) is 3.43. The van der Waals surface area contributed by atoms with Crippen molar-refractivity contribution in [2.45, 2.75) is 11.3 Å². The largest absolute Gasteiger partial charge is 0.323 e. The molecule has 0 aliphatic carbocycles. The van der Waals surface area contributed by atoms with Crippen molar-refractivity contribution in [3.8, 4) is 0 Å². The fourth-order valence-corrected chi connectivity index (χ4v) is 2.67. The molecular weight excluding hydrogens is 274 g/mol. The molecule has 1 aliphatic heterocycles. The highest BCUT2D eigenvalue weighted by Gasteiger charge is 2.48. The lowest BCUT2D eigenvalue weighted by atomic mass is 9.86. The maximum Gasteiger partial charge on any atom is 0.253 e. The molecule has 4 heteroatoms. The van der Waals surface area contributed by atoms with Gasteiger partial charge >= 0.3 is 0 Å². The van der Waals surface area contributed by atoms with Gasteiger partial charge in [-0.15, -0.1) is 0 Å². The lowest BCUT2D eigenvalue weighted by molar-refractivity contribution is -0.117. The Balaban J connectivity index is 2.01. The smallest absolute Gasteiger partial charge is 0.253 e. The van der Waals surface area contributed by atoms with Gasteiger partial charge in [-0.1, -0.05) is 54.1 Å². The van der Waals surface area contributed by atoms with E-state index in [1.165, 1.54) is 0 Å². The molecule has 0 aromatic heterocycles. The van der Waals surface area contributed by atoms with Gasteiger partial charge in [-0.3, -0.25) is 9.59 Å². The molecule has 3 nitrogen and oxygen atoms in total. The number of anilines is 1. The average Bonchev–Trinajstić information content (AvgIpc) is 2.47. The van der Waals surface area contributed by atoms with Gasteiger partial charge in [0.2, 0.25) is 0 Å². The first kappa shape index (κ1) is 12.9. The third-order valence-corrected chi connectivity index (χ3v) is 3.91. The van der Waals surface area contributed by atoms with Crippen LogP contribution >= 0.6 is 11.6 Å². The summed E-state index contributed by atoms with van der Waals surface area (Å²) in [5.74, 6) is -0.811. The normalized spacial score (nSPS) is 21.2. The summed E-state index contributed by atoms with van der Waals surface area (Å²) in [7, 11) is 0. The van der Waals surface area contributed by atoms with Crippen LogP contribution in [-0.4, -0.2) is 16.6 Å². The van der Waals surface area contributed by atoms with Crippen LogP contribution < -0.4 is 5.32 Å². The Kier molecular flexibility index (Phi) is 3.07. The highest BCUT2D eigenvalue weighted by atomic mass is 35.5. The van der Waals surface area contributed by atoms with E-state index in [0.717, 1.165) is 5.56 Å². The van der Waals surface area contributed by atoms with Crippen LogP contribution in [0.15, 0.2) is 54.6 Å². The summed E-state index contributed by atoms with van der Waals surface area (Å²) in [6.07, 6.45) is 0.175. The molecule has 0 unspecified atom stereocenters. The Bertz CT molecular complexity index is 684. The van der Waals surface area contributed by atoms with Gasteiger partial charge in [-0.05, 0) is 17.7 Å². The number of benzene rings is 2. The molecule has 0 saturated carbocycles. The lowest BCUT2D eigenvalue weighted by Gasteiger charge is -2.30. The van der Waals surface area contributed by atoms with Gasteiger partial charge in [0.1, 0.15) is 0 Å². The van der Waals surface area contributed by atoms with E-state index >= 15 is 0 Å². The van der Waals surface area contributed by atoms with Crippen LogP contribution in [0, 0.1) is 0 Å². The summed E-state index contributed by atoms with van der Waals surface area (Å²) in [6.45, 7) is 0. The zero-order valence-electron chi connectivity index (χ0n) is 10.6. The van der Waals surface area contributed by atoms with Gasteiger partial charge in [-0.25, -0.2) is 0 Å². The molecule has 0 fully saturated rings. The number of rotatable bonds is 2. The van der Waals surface area contributed by atoms with Crippen molar-refractivity contribution in [2.75, 3.05) is 5.32 Å². The number of para-hydroxylation sites is 1. The van der Waals surface area contributed by atoms with Crippen LogP contribution in [0.1, 0.15) is 15.9 Å². The van der Waals surface area contributed by atoms with E-state index in [1.807, 2.05) is 30.3 Å². The predicted molar refractivity (Wildman–Crippen MR) is 78.1 cm³/mol. The molecule has 0 bridgehead atoms. The standard InChI is InChI=1S/C16H12ClNO2/c17-16(10-11-6-2-1-3-7-11)14(19)12-8-4-5-9-13(12)18-15(16)20/h1-9H,10H2,(H,18,20)/t16-/m0/s1. The van der Waals surface area contributed by atoms with E-state index in [0.29, 0.717) is 11.3 Å². The first-order chi connectivity index (χ1) is 9.61. The number of hydrogen-bond acceptors (Lipinski definition) is 2. The molecule has 0 radical (unpaired) electrons. The van der Waals surface area contributed by atoms with E-state index in [4.69, 9.17) is 11.6 Å². The van der Waals surface area contributed by atoms with Gasteiger partial charge < -0.3 is 5.32 Å². The number of halogens is 1. The molecular formula is C16H12ClNO2. The van der Waals surface area contributed by atoms with E-state index < -0.39 is 10.8 Å². The highest BCUT2D eigenvalue weighted by Crippen LogP contribution is 2.34. The fourth-order valence-electron chi connectivity index (χ4n) is 2.37. The number of alkyl halides is 1. The van der Waals surface area contributed by atoms with Crippen molar-refractivity contribution in [1.29, 1.82) is 0 Å². The molecule has 1 atom stereocenters. The maximum absolute atomic E-state index is 12.6. The molecule has 0 spiro atoms. The van der Waals surface area contributed by atoms with Gasteiger partial charge in [-0.2, -0.15) is 0 Å². The van der Waals surface area contributed by atoms with Crippen molar-refractivity contribution in [3.63, 3.8) is 0 Å². The Morgan fingerprint density at radius 3 is 2.35 bits per heavy atom. The van der Waals surface area contributed by atoms with Crippen molar-refractivity contribution < 1.29 is 9.59 Å². The summed E-state index contributed by atoms with van der Waals surface area (Å²) >= 11 is 6.38. The molecule has 100 valence electrons. The second-order valence-electron chi connectivity index (χ2n) is 4.79. The maximum atomic E-state index is 12.6. The summed E-state index contributed by atoms with van der Waals surface area (Å²) in [5, 5.41) is 2.71. The Labute approximate surface area is 121 Å². The van der Waals surface area contributed by atoms with E-state index in [2.05, 4.69) is 5.32 Å². The Morgan fingerprint density at radius 2 is 1.60 bits per heavy atom. The lowest BCUT2D eigenvalue weighted by Crippen LogP contribution is -2.50. The first-order valence-electron chi connectivity index (χ1n) is 6.29. The van der Waals surface area contributed by atoms with Crippen molar-refractivity contribution in [2.24, 2.45) is 0 Å². The highest BCUT2D eigenvalue weighted by molar-refractivity contribution is 6.52. The molecule has 2 aromatic carbocycles. The van der Waals surface area contributed by atoms with Crippen molar-refractivity contribution >= 4 is 29.0 Å². The molecule has 1 N–H and O–H groups in total.